The van der Waals surface area contributed by atoms with E-state index >= 15 is 0 Å². The summed E-state index contributed by atoms with van der Waals surface area (Å²) in [7, 11) is 0. The average molecular weight is 139 g/mol. The molecule has 0 aromatic heterocycles. The van der Waals surface area contributed by atoms with Gasteiger partial charge in [0.2, 0.25) is 0 Å². The van der Waals surface area contributed by atoms with E-state index in [1.54, 1.807) is 0 Å². The van der Waals surface area contributed by atoms with Crippen molar-refractivity contribution in [3.05, 3.63) is 11.8 Å². The van der Waals surface area contributed by atoms with Crippen LogP contribution in [0.25, 0.3) is 0 Å². The number of hydrogen-bond donors (Lipinski definition) is 1. The molecule has 1 rings (SSSR count). The molecule has 1 nitrogen and oxygen atoms in total. The summed E-state index contributed by atoms with van der Waals surface area (Å²) in [5.41, 5.74) is 7.16. The van der Waals surface area contributed by atoms with Crippen molar-refractivity contribution < 1.29 is 0 Å². The van der Waals surface area contributed by atoms with E-state index in [1.165, 1.54) is 6.42 Å². The van der Waals surface area contributed by atoms with Crippen molar-refractivity contribution in [1.82, 2.24) is 0 Å². The molecule has 0 spiro atoms. The third kappa shape index (κ3) is 1.34. The second-order valence-corrected chi connectivity index (χ2v) is 4.09. The zero-order valence-corrected chi connectivity index (χ0v) is 7.15. The maximum absolute atomic E-state index is 5.84. The van der Waals surface area contributed by atoms with Gasteiger partial charge in [-0.15, -0.1) is 0 Å². The van der Waals surface area contributed by atoms with Crippen LogP contribution >= 0.6 is 0 Å². The third-order valence-corrected chi connectivity index (χ3v) is 2.38. The molecule has 1 atom stereocenters. The lowest BCUT2D eigenvalue weighted by Crippen LogP contribution is -2.27. The van der Waals surface area contributed by atoms with E-state index < -0.39 is 0 Å². The predicted octanol–water partition coefficient (Wildman–Crippen LogP) is 2.29. The largest absolute Gasteiger partial charge is 0.402 e. The molecule has 0 fully saturated rings. The molecule has 1 aliphatic carbocycles. The Morgan fingerprint density at radius 1 is 1.60 bits per heavy atom. The van der Waals surface area contributed by atoms with Crippen molar-refractivity contribution in [3.63, 3.8) is 0 Å². The molecule has 0 aliphatic heterocycles. The molecule has 0 aromatic carbocycles. The fourth-order valence-corrected chi connectivity index (χ4v) is 1.68. The van der Waals surface area contributed by atoms with Crippen molar-refractivity contribution in [2.75, 3.05) is 0 Å². The molecule has 0 amide bonds. The van der Waals surface area contributed by atoms with Crippen molar-refractivity contribution in [3.8, 4) is 0 Å². The minimum absolute atomic E-state index is 0.248. The highest BCUT2D eigenvalue weighted by Gasteiger charge is 2.26. The monoisotopic (exact) mass is 139 g/mol. The molecule has 0 saturated carbocycles. The molecule has 0 bridgehead atoms. The number of allylic oxidation sites excluding steroid dienone is 2. The lowest BCUT2D eigenvalue weighted by atomic mass is 9.75. The Morgan fingerprint density at radius 3 is 2.60 bits per heavy atom. The Hall–Kier alpha value is -0.460. The normalized spacial score (nSPS) is 31.5. The fourth-order valence-electron chi connectivity index (χ4n) is 1.68. The van der Waals surface area contributed by atoms with E-state index in [0.717, 1.165) is 18.0 Å². The van der Waals surface area contributed by atoms with Gasteiger partial charge in [-0.25, -0.2) is 0 Å². The summed E-state index contributed by atoms with van der Waals surface area (Å²) in [5.74, 6) is 0.808. The number of hydrogen-bond acceptors (Lipinski definition) is 1. The first-order valence-electron chi connectivity index (χ1n) is 3.98. The molecule has 1 heteroatoms. The number of nitrogens with two attached hydrogens (primary N) is 1. The fraction of sp³-hybridized carbons (Fsp3) is 0.778. The highest BCUT2D eigenvalue weighted by Crippen LogP contribution is 2.36. The van der Waals surface area contributed by atoms with Gasteiger partial charge in [-0.05, 0) is 18.8 Å². The third-order valence-electron chi connectivity index (χ3n) is 2.38. The van der Waals surface area contributed by atoms with Crippen LogP contribution in [-0.2, 0) is 0 Å². The van der Waals surface area contributed by atoms with Gasteiger partial charge in [-0.3, -0.25) is 0 Å². The second-order valence-electron chi connectivity index (χ2n) is 4.09. The molecule has 0 aromatic rings. The van der Waals surface area contributed by atoms with Crippen LogP contribution in [0.15, 0.2) is 11.8 Å². The maximum Gasteiger partial charge on any atom is 0.00975 e. The SMILES string of the molecule is CC1CC=C(N)C(C)(C)C1. The van der Waals surface area contributed by atoms with Crippen LogP contribution in [-0.4, -0.2) is 0 Å². The van der Waals surface area contributed by atoms with Crippen molar-refractivity contribution in [2.24, 2.45) is 17.1 Å². The first-order valence-corrected chi connectivity index (χ1v) is 3.98. The van der Waals surface area contributed by atoms with Gasteiger partial charge in [-0.2, -0.15) is 0 Å². The smallest absolute Gasteiger partial charge is 0.00975 e. The van der Waals surface area contributed by atoms with Crippen LogP contribution in [0.3, 0.4) is 0 Å². The summed E-state index contributed by atoms with van der Waals surface area (Å²) in [6.45, 7) is 6.72. The summed E-state index contributed by atoms with van der Waals surface area (Å²) in [6.07, 6.45) is 4.57. The van der Waals surface area contributed by atoms with Gasteiger partial charge in [-0.1, -0.05) is 26.8 Å². The van der Waals surface area contributed by atoms with Crippen LogP contribution in [0.5, 0.6) is 0 Å². The van der Waals surface area contributed by atoms with Crippen molar-refractivity contribution in [1.29, 1.82) is 0 Å². The van der Waals surface area contributed by atoms with Crippen LogP contribution in [0.2, 0.25) is 0 Å². The van der Waals surface area contributed by atoms with Gasteiger partial charge in [0.1, 0.15) is 0 Å². The summed E-state index contributed by atoms with van der Waals surface area (Å²) in [5, 5.41) is 0. The Balaban J connectivity index is 2.76. The molecule has 1 unspecified atom stereocenters. The Labute approximate surface area is 63.3 Å². The van der Waals surface area contributed by atoms with Gasteiger partial charge in [0.05, 0.1) is 0 Å². The Morgan fingerprint density at radius 2 is 2.20 bits per heavy atom. The first-order chi connectivity index (χ1) is 4.52. The lowest BCUT2D eigenvalue weighted by molar-refractivity contribution is 0.306. The van der Waals surface area contributed by atoms with Crippen LogP contribution in [0, 0.1) is 11.3 Å². The lowest BCUT2D eigenvalue weighted by Gasteiger charge is -2.32. The summed E-state index contributed by atoms with van der Waals surface area (Å²) in [4.78, 5) is 0. The Kier molecular flexibility index (Phi) is 1.76. The average Bonchev–Trinajstić information content (AvgIpc) is 1.78. The molecule has 0 saturated heterocycles. The van der Waals surface area contributed by atoms with Gasteiger partial charge in [0, 0.05) is 11.1 Å². The van der Waals surface area contributed by atoms with E-state index in [-0.39, 0.29) is 5.41 Å². The summed E-state index contributed by atoms with van der Waals surface area (Å²) < 4.78 is 0. The minimum atomic E-state index is 0.248. The molecule has 1 aliphatic rings. The highest BCUT2D eigenvalue weighted by molar-refractivity contribution is 5.11. The van der Waals surface area contributed by atoms with Gasteiger partial charge in [0.25, 0.3) is 0 Å². The molecular weight excluding hydrogens is 122 g/mol. The van der Waals surface area contributed by atoms with Crippen LogP contribution < -0.4 is 5.73 Å². The van der Waals surface area contributed by atoms with E-state index in [2.05, 4.69) is 26.8 Å². The predicted molar refractivity (Wildman–Crippen MR) is 44.4 cm³/mol. The molecule has 2 N–H and O–H groups in total. The highest BCUT2D eigenvalue weighted by atomic mass is 14.6. The quantitative estimate of drug-likeness (QED) is 0.547. The topological polar surface area (TPSA) is 26.0 Å². The molecule has 0 radical (unpaired) electrons. The summed E-state index contributed by atoms with van der Waals surface area (Å²) in [6, 6.07) is 0. The van der Waals surface area contributed by atoms with E-state index in [4.69, 9.17) is 5.73 Å². The zero-order chi connectivity index (χ0) is 7.78. The van der Waals surface area contributed by atoms with E-state index in [9.17, 15) is 0 Å². The van der Waals surface area contributed by atoms with E-state index in [1.807, 2.05) is 0 Å². The van der Waals surface area contributed by atoms with Crippen molar-refractivity contribution >= 4 is 0 Å². The van der Waals surface area contributed by atoms with Gasteiger partial charge >= 0.3 is 0 Å². The van der Waals surface area contributed by atoms with Crippen LogP contribution in [0.1, 0.15) is 33.6 Å². The zero-order valence-electron chi connectivity index (χ0n) is 7.15. The van der Waals surface area contributed by atoms with E-state index in [0.29, 0.717) is 0 Å². The number of rotatable bonds is 0. The van der Waals surface area contributed by atoms with Gasteiger partial charge in [0.15, 0.2) is 0 Å². The Bertz CT molecular complexity index is 156. The molecule has 0 heterocycles. The molecule has 10 heavy (non-hydrogen) atoms. The maximum atomic E-state index is 5.84. The first kappa shape index (κ1) is 7.64. The molecular formula is C9H17N. The van der Waals surface area contributed by atoms with Gasteiger partial charge < -0.3 is 5.73 Å². The second kappa shape index (κ2) is 2.30. The standard InChI is InChI=1S/C9H17N/c1-7-4-5-8(10)9(2,3)6-7/h5,7H,4,6,10H2,1-3H3. The minimum Gasteiger partial charge on any atom is -0.402 e. The molecule has 58 valence electrons. The van der Waals surface area contributed by atoms with Crippen molar-refractivity contribution in [2.45, 2.75) is 33.6 Å². The van der Waals surface area contributed by atoms with Crippen LogP contribution in [0.4, 0.5) is 0 Å². The summed E-state index contributed by atoms with van der Waals surface area (Å²) >= 11 is 0.